The third kappa shape index (κ3) is 2.09. The van der Waals surface area contributed by atoms with Crippen LogP contribution in [0.4, 0.5) is 0 Å². The van der Waals surface area contributed by atoms with E-state index in [1.807, 2.05) is 0 Å². The first-order chi connectivity index (χ1) is 5.65. The maximum absolute atomic E-state index is 10.4. The summed E-state index contributed by atoms with van der Waals surface area (Å²) in [5, 5.41) is 0. The fraction of sp³-hybridized carbons (Fsp3) is 0.909. The second kappa shape index (κ2) is 4.06. The van der Waals surface area contributed by atoms with Gasteiger partial charge in [0, 0.05) is 6.42 Å². The van der Waals surface area contributed by atoms with E-state index >= 15 is 0 Å². The van der Waals surface area contributed by atoms with Crippen molar-refractivity contribution < 1.29 is 4.79 Å². The summed E-state index contributed by atoms with van der Waals surface area (Å²) in [5.41, 5.74) is 0. The molecule has 0 aromatic rings. The Hall–Kier alpha value is -0.330. The van der Waals surface area contributed by atoms with Crippen LogP contribution in [-0.2, 0) is 4.79 Å². The zero-order valence-electron chi connectivity index (χ0n) is 8.42. The van der Waals surface area contributed by atoms with Gasteiger partial charge in [0.1, 0.15) is 6.29 Å². The van der Waals surface area contributed by atoms with Crippen LogP contribution in [0.3, 0.4) is 0 Å². The molecule has 0 spiro atoms. The Morgan fingerprint density at radius 1 is 1.42 bits per heavy atom. The molecule has 0 bridgehead atoms. The largest absolute Gasteiger partial charge is 0.303 e. The molecule has 0 aliphatic heterocycles. The highest BCUT2D eigenvalue weighted by atomic mass is 16.1. The number of carbonyl (C=O) groups is 1. The monoisotopic (exact) mass is 168 g/mol. The zero-order chi connectivity index (χ0) is 9.14. The highest BCUT2D eigenvalue weighted by molar-refractivity contribution is 5.49. The highest BCUT2D eigenvalue weighted by Gasteiger charge is 2.32. The fourth-order valence-electron chi connectivity index (χ4n) is 2.38. The van der Waals surface area contributed by atoms with Gasteiger partial charge in [-0.15, -0.1) is 0 Å². The Balaban J connectivity index is 2.44. The van der Waals surface area contributed by atoms with Crippen molar-refractivity contribution >= 4 is 6.29 Å². The number of aldehydes is 1. The number of rotatable bonds is 3. The molecule has 1 aliphatic carbocycles. The van der Waals surface area contributed by atoms with E-state index in [9.17, 15) is 4.79 Å². The molecule has 1 fully saturated rings. The summed E-state index contributed by atoms with van der Waals surface area (Å²) < 4.78 is 0. The van der Waals surface area contributed by atoms with E-state index in [-0.39, 0.29) is 0 Å². The molecule has 0 radical (unpaired) electrons. The topological polar surface area (TPSA) is 17.1 Å². The van der Waals surface area contributed by atoms with Crippen molar-refractivity contribution in [3.63, 3.8) is 0 Å². The van der Waals surface area contributed by atoms with Crippen LogP contribution >= 0.6 is 0 Å². The third-order valence-corrected chi connectivity index (χ3v) is 3.43. The van der Waals surface area contributed by atoms with Gasteiger partial charge >= 0.3 is 0 Å². The predicted octanol–water partition coefficient (Wildman–Crippen LogP) is 2.89. The normalized spacial score (nSPS) is 35.8. The molecular formula is C11H20O. The molecule has 12 heavy (non-hydrogen) atoms. The Morgan fingerprint density at radius 2 is 2.08 bits per heavy atom. The minimum atomic E-state index is 0.676. The Bertz CT molecular complexity index is 151. The average molecular weight is 168 g/mol. The van der Waals surface area contributed by atoms with Gasteiger partial charge in [-0.2, -0.15) is 0 Å². The Labute approximate surface area is 75.5 Å². The fourth-order valence-corrected chi connectivity index (χ4v) is 2.38. The lowest BCUT2D eigenvalue weighted by Crippen LogP contribution is -2.04. The zero-order valence-corrected chi connectivity index (χ0v) is 8.42. The van der Waals surface area contributed by atoms with Crippen LogP contribution in [-0.4, -0.2) is 6.29 Å². The summed E-state index contributed by atoms with van der Waals surface area (Å²) in [6.45, 7) is 6.87. The van der Waals surface area contributed by atoms with Crippen molar-refractivity contribution in [2.45, 2.75) is 40.0 Å². The molecular weight excluding hydrogens is 148 g/mol. The SMILES string of the molecule is CC(C)C1CC(C)C(CC=O)C1. The van der Waals surface area contributed by atoms with Gasteiger partial charge in [-0.25, -0.2) is 0 Å². The maximum Gasteiger partial charge on any atom is 0.120 e. The first-order valence-electron chi connectivity index (χ1n) is 5.08. The van der Waals surface area contributed by atoms with Gasteiger partial charge in [-0.3, -0.25) is 0 Å². The molecule has 0 amide bonds. The van der Waals surface area contributed by atoms with Gasteiger partial charge in [0.2, 0.25) is 0 Å². The lowest BCUT2D eigenvalue weighted by molar-refractivity contribution is -0.108. The molecule has 0 aromatic heterocycles. The summed E-state index contributed by atoms with van der Waals surface area (Å²) >= 11 is 0. The van der Waals surface area contributed by atoms with Crippen LogP contribution in [0.1, 0.15) is 40.0 Å². The quantitative estimate of drug-likeness (QED) is 0.592. The molecule has 1 rings (SSSR count). The second-order valence-corrected chi connectivity index (χ2v) is 4.62. The first-order valence-corrected chi connectivity index (χ1v) is 5.08. The summed E-state index contributed by atoms with van der Waals surface area (Å²) in [6, 6.07) is 0. The van der Waals surface area contributed by atoms with E-state index in [4.69, 9.17) is 0 Å². The van der Waals surface area contributed by atoms with E-state index in [2.05, 4.69) is 20.8 Å². The molecule has 1 aliphatic rings. The van der Waals surface area contributed by atoms with Crippen molar-refractivity contribution in [2.75, 3.05) is 0 Å². The van der Waals surface area contributed by atoms with E-state index in [0.29, 0.717) is 5.92 Å². The van der Waals surface area contributed by atoms with Crippen molar-refractivity contribution in [3.8, 4) is 0 Å². The lowest BCUT2D eigenvalue weighted by Gasteiger charge is -2.13. The maximum atomic E-state index is 10.4. The molecule has 0 saturated heterocycles. The van der Waals surface area contributed by atoms with Gasteiger partial charge in [-0.1, -0.05) is 20.8 Å². The first kappa shape index (κ1) is 9.76. The van der Waals surface area contributed by atoms with Gasteiger partial charge in [0.25, 0.3) is 0 Å². The standard InChI is InChI=1S/C11H20O/c1-8(2)11-6-9(3)10(7-11)4-5-12/h5,8-11H,4,6-7H2,1-3H3. The van der Waals surface area contributed by atoms with Gasteiger partial charge in [0.05, 0.1) is 0 Å². The van der Waals surface area contributed by atoms with Crippen molar-refractivity contribution in [2.24, 2.45) is 23.7 Å². The summed E-state index contributed by atoms with van der Waals surface area (Å²) in [5.74, 6) is 3.10. The summed E-state index contributed by atoms with van der Waals surface area (Å²) in [6.07, 6.45) is 4.47. The average Bonchev–Trinajstić information content (AvgIpc) is 2.34. The lowest BCUT2D eigenvalue weighted by atomic mass is 9.93. The Morgan fingerprint density at radius 3 is 2.50 bits per heavy atom. The minimum Gasteiger partial charge on any atom is -0.303 e. The van der Waals surface area contributed by atoms with Crippen LogP contribution in [0.5, 0.6) is 0 Å². The molecule has 1 nitrogen and oxygen atoms in total. The van der Waals surface area contributed by atoms with E-state index in [1.54, 1.807) is 0 Å². The minimum absolute atomic E-state index is 0.676. The molecule has 3 unspecified atom stereocenters. The Kier molecular flexibility index (Phi) is 3.30. The van der Waals surface area contributed by atoms with E-state index < -0.39 is 0 Å². The van der Waals surface area contributed by atoms with Crippen molar-refractivity contribution in [3.05, 3.63) is 0 Å². The van der Waals surface area contributed by atoms with Gasteiger partial charge in [0.15, 0.2) is 0 Å². The molecule has 0 heterocycles. The predicted molar refractivity (Wildman–Crippen MR) is 50.9 cm³/mol. The van der Waals surface area contributed by atoms with Gasteiger partial charge in [-0.05, 0) is 36.5 Å². The number of hydrogen-bond acceptors (Lipinski definition) is 1. The second-order valence-electron chi connectivity index (χ2n) is 4.62. The molecule has 0 N–H and O–H groups in total. The molecule has 3 atom stereocenters. The van der Waals surface area contributed by atoms with Crippen LogP contribution in [0.2, 0.25) is 0 Å². The smallest absolute Gasteiger partial charge is 0.120 e. The van der Waals surface area contributed by atoms with E-state index in [0.717, 1.165) is 30.5 Å². The van der Waals surface area contributed by atoms with Crippen LogP contribution in [0.15, 0.2) is 0 Å². The molecule has 0 aromatic carbocycles. The number of carbonyl (C=O) groups excluding carboxylic acids is 1. The van der Waals surface area contributed by atoms with E-state index in [1.165, 1.54) is 12.8 Å². The van der Waals surface area contributed by atoms with Gasteiger partial charge < -0.3 is 4.79 Å². The van der Waals surface area contributed by atoms with Crippen molar-refractivity contribution in [1.29, 1.82) is 0 Å². The van der Waals surface area contributed by atoms with Crippen molar-refractivity contribution in [1.82, 2.24) is 0 Å². The van der Waals surface area contributed by atoms with Crippen LogP contribution in [0.25, 0.3) is 0 Å². The molecule has 1 heteroatoms. The third-order valence-electron chi connectivity index (χ3n) is 3.43. The summed E-state index contributed by atoms with van der Waals surface area (Å²) in [4.78, 5) is 10.4. The molecule has 70 valence electrons. The highest BCUT2D eigenvalue weighted by Crippen LogP contribution is 2.40. The molecule has 1 saturated carbocycles. The summed E-state index contributed by atoms with van der Waals surface area (Å²) in [7, 11) is 0. The van der Waals surface area contributed by atoms with Crippen LogP contribution < -0.4 is 0 Å². The number of hydrogen-bond donors (Lipinski definition) is 0. The van der Waals surface area contributed by atoms with Crippen LogP contribution in [0, 0.1) is 23.7 Å².